The molecular formula is C19H19ClF3N3O2S. The molecule has 5 nitrogen and oxygen atoms in total. The van der Waals surface area contributed by atoms with Crippen molar-refractivity contribution in [1.29, 1.82) is 0 Å². The highest BCUT2D eigenvalue weighted by Gasteiger charge is 2.30. The van der Waals surface area contributed by atoms with Crippen molar-refractivity contribution in [2.24, 2.45) is 0 Å². The largest absolute Gasteiger partial charge is 0.416 e. The average Bonchev–Trinajstić information content (AvgIpc) is 2.61. The number of rotatable bonds is 5. The molecule has 0 aliphatic rings. The van der Waals surface area contributed by atoms with Crippen molar-refractivity contribution < 1.29 is 21.6 Å². The molecule has 1 aromatic heterocycles. The number of aromatic nitrogens is 1. The Morgan fingerprint density at radius 3 is 2.24 bits per heavy atom. The maximum atomic E-state index is 12.7. The summed E-state index contributed by atoms with van der Waals surface area (Å²) in [6.07, 6.45) is -4.53. The maximum absolute atomic E-state index is 12.7. The maximum Gasteiger partial charge on any atom is 0.416 e. The van der Waals surface area contributed by atoms with E-state index in [1.165, 1.54) is 0 Å². The summed E-state index contributed by atoms with van der Waals surface area (Å²) in [5, 5.41) is 0.745. The summed E-state index contributed by atoms with van der Waals surface area (Å²) >= 11 is 0. The fourth-order valence-electron chi connectivity index (χ4n) is 2.71. The first-order valence-electron chi connectivity index (χ1n) is 8.30. The van der Waals surface area contributed by atoms with Gasteiger partial charge in [0.05, 0.1) is 27.4 Å². The van der Waals surface area contributed by atoms with Crippen LogP contribution >= 0.6 is 12.4 Å². The molecule has 0 aliphatic heterocycles. The summed E-state index contributed by atoms with van der Waals surface area (Å²) < 4.78 is 65.8. The van der Waals surface area contributed by atoms with E-state index < -0.39 is 21.8 Å². The van der Waals surface area contributed by atoms with Crippen LogP contribution in [0.3, 0.4) is 0 Å². The molecule has 2 aromatic carbocycles. The number of nitrogens with one attached hydrogen (secondary N) is 1. The first kappa shape index (κ1) is 22.9. The van der Waals surface area contributed by atoms with Crippen LogP contribution in [0.1, 0.15) is 11.3 Å². The molecule has 29 heavy (non-hydrogen) atoms. The molecule has 0 fully saturated rings. The van der Waals surface area contributed by atoms with Gasteiger partial charge < -0.3 is 4.90 Å². The number of fused-ring (bicyclic) bond motifs is 1. The van der Waals surface area contributed by atoms with Crippen LogP contribution < -0.4 is 4.72 Å². The Kier molecular flexibility index (Phi) is 6.77. The number of nitrogens with zero attached hydrogens (tertiary/aromatic N) is 2. The van der Waals surface area contributed by atoms with E-state index in [1.54, 1.807) is 18.2 Å². The highest BCUT2D eigenvalue weighted by molar-refractivity contribution is 7.92. The van der Waals surface area contributed by atoms with Gasteiger partial charge >= 0.3 is 6.18 Å². The van der Waals surface area contributed by atoms with Crippen LogP contribution in [0.15, 0.2) is 59.5 Å². The molecule has 1 N–H and O–H groups in total. The van der Waals surface area contributed by atoms with Crippen LogP contribution in [-0.4, -0.2) is 32.4 Å². The minimum Gasteiger partial charge on any atom is -0.304 e. The van der Waals surface area contributed by atoms with Gasteiger partial charge in [-0.15, -0.1) is 12.4 Å². The number of halogens is 4. The van der Waals surface area contributed by atoms with Gasteiger partial charge in [-0.25, -0.2) is 13.4 Å². The lowest BCUT2D eigenvalue weighted by atomic mass is 10.2. The van der Waals surface area contributed by atoms with Gasteiger partial charge in [0.15, 0.2) is 0 Å². The second-order valence-corrected chi connectivity index (χ2v) is 8.23. The summed E-state index contributed by atoms with van der Waals surface area (Å²) in [6, 6.07) is 12.1. The summed E-state index contributed by atoms with van der Waals surface area (Å²) in [4.78, 5) is 6.19. The standard InChI is InChI=1S/C19H18F3N3O2S.ClH/c1-25(2)12-15-9-6-13-4-3-5-17(18(13)23-15)24-28(26,27)16-10-7-14(8-11-16)19(20,21)22;/h3-11,24H,12H2,1-2H3;1H. The van der Waals surface area contributed by atoms with Crippen molar-refractivity contribution >= 4 is 39.0 Å². The smallest absolute Gasteiger partial charge is 0.304 e. The van der Waals surface area contributed by atoms with E-state index in [9.17, 15) is 21.6 Å². The molecule has 0 amide bonds. The lowest BCUT2D eigenvalue weighted by molar-refractivity contribution is -0.137. The third-order valence-corrected chi connectivity index (χ3v) is 5.37. The molecule has 0 spiro atoms. The number of hydrogen-bond donors (Lipinski definition) is 1. The first-order valence-corrected chi connectivity index (χ1v) is 9.78. The van der Waals surface area contributed by atoms with E-state index in [4.69, 9.17) is 0 Å². The van der Waals surface area contributed by atoms with Crippen molar-refractivity contribution in [3.05, 3.63) is 65.9 Å². The van der Waals surface area contributed by atoms with E-state index in [-0.39, 0.29) is 23.0 Å². The van der Waals surface area contributed by atoms with E-state index in [1.807, 2.05) is 31.1 Å². The quantitative estimate of drug-likeness (QED) is 0.626. The molecule has 3 rings (SSSR count). The van der Waals surface area contributed by atoms with Crippen LogP contribution in [-0.2, 0) is 22.7 Å². The fourth-order valence-corrected chi connectivity index (χ4v) is 3.78. The molecule has 1 heterocycles. The molecule has 0 saturated carbocycles. The molecule has 0 saturated heterocycles. The van der Waals surface area contributed by atoms with Gasteiger partial charge in [0, 0.05) is 11.9 Å². The van der Waals surface area contributed by atoms with Gasteiger partial charge in [-0.1, -0.05) is 18.2 Å². The Hall–Kier alpha value is -2.36. The summed E-state index contributed by atoms with van der Waals surface area (Å²) in [6.45, 7) is 0.579. The SMILES string of the molecule is CN(C)Cc1ccc2cccc(NS(=O)(=O)c3ccc(C(F)(F)F)cc3)c2n1.Cl. The second kappa shape index (κ2) is 8.56. The van der Waals surface area contributed by atoms with Crippen LogP contribution in [0.4, 0.5) is 18.9 Å². The normalized spacial score (nSPS) is 12.1. The number of anilines is 1. The lowest BCUT2D eigenvalue weighted by Crippen LogP contribution is -2.15. The van der Waals surface area contributed by atoms with Gasteiger partial charge in [0.1, 0.15) is 0 Å². The Morgan fingerprint density at radius 2 is 1.66 bits per heavy atom. The van der Waals surface area contributed by atoms with Gasteiger partial charge in [0.2, 0.25) is 0 Å². The topological polar surface area (TPSA) is 62.3 Å². The molecular weight excluding hydrogens is 427 g/mol. The predicted octanol–water partition coefficient (Wildman–Crippen LogP) is 4.54. The van der Waals surface area contributed by atoms with Crippen molar-refractivity contribution in [2.75, 3.05) is 18.8 Å². The van der Waals surface area contributed by atoms with Crippen molar-refractivity contribution in [1.82, 2.24) is 9.88 Å². The highest BCUT2D eigenvalue weighted by atomic mass is 35.5. The summed E-state index contributed by atoms with van der Waals surface area (Å²) in [5.41, 5.74) is 0.584. The zero-order valence-corrected chi connectivity index (χ0v) is 17.2. The van der Waals surface area contributed by atoms with Crippen LogP contribution in [0.2, 0.25) is 0 Å². The minimum absolute atomic E-state index is 0. The lowest BCUT2D eigenvalue weighted by Gasteiger charge is -2.13. The monoisotopic (exact) mass is 445 g/mol. The Balaban J connectivity index is 0.00000300. The van der Waals surface area contributed by atoms with Gasteiger partial charge in [0.25, 0.3) is 10.0 Å². The number of alkyl halides is 3. The number of sulfonamides is 1. The molecule has 10 heteroatoms. The first-order chi connectivity index (χ1) is 13.1. The van der Waals surface area contributed by atoms with Crippen LogP contribution in [0, 0.1) is 0 Å². The van der Waals surface area contributed by atoms with Gasteiger partial charge in [-0.2, -0.15) is 13.2 Å². The van der Waals surface area contributed by atoms with Crippen LogP contribution in [0.25, 0.3) is 10.9 Å². The third-order valence-electron chi connectivity index (χ3n) is 3.99. The second-order valence-electron chi connectivity index (χ2n) is 6.55. The zero-order chi connectivity index (χ0) is 20.5. The van der Waals surface area contributed by atoms with Gasteiger partial charge in [-0.3, -0.25) is 4.72 Å². The number of benzene rings is 2. The Labute approximate surface area is 173 Å². The minimum atomic E-state index is -4.53. The molecule has 0 atom stereocenters. The average molecular weight is 446 g/mol. The van der Waals surface area contributed by atoms with E-state index in [0.717, 1.165) is 35.3 Å². The molecule has 0 bridgehead atoms. The Morgan fingerprint density at radius 1 is 1.00 bits per heavy atom. The molecule has 3 aromatic rings. The van der Waals surface area contributed by atoms with Gasteiger partial charge in [-0.05, 0) is 50.5 Å². The number of pyridine rings is 1. The predicted molar refractivity (Wildman–Crippen MR) is 109 cm³/mol. The molecule has 0 radical (unpaired) electrons. The van der Waals surface area contributed by atoms with Crippen molar-refractivity contribution in [3.8, 4) is 0 Å². The molecule has 0 unspecified atom stereocenters. The van der Waals surface area contributed by atoms with Crippen molar-refractivity contribution in [3.63, 3.8) is 0 Å². The number of hydrogen-bond acceptors (Lipinski definition) is 4. The van der Waals surface area contributed by atoms with E-state index in [2.05, 4.69) is 9.71 Å². The van der Waals surface area contributed by atoms with Crippen LogP contribution in [0.5, 0.6) is 0 Å². The fraction of sp³-hybridized carbons (Fsp3) is 0.211. The summed E-state index contributed by atoms with van der Waals surface area (Å²) in [7, 11) is -0.283. The highest BCUT2D eigenvalue weighted by Crippen LogP contribution is 2.30. The summed E-state index contributed by atoms with van der Waals surface area (Å²) in [5.74, 6) is 0. The molecule has 156 valence electrons. The molecule has 0 aliphatic carbocycles. The number of para-hydroxylation sites is 1. The van der Waals surface area contributed by atoms with E-state index >= 15 is 0 Å². The van der Waals surface area contributed by atoms with E-state index in [0.29, 0.717) is 12.1 Å². The third kappa shape index (κ3) is 5.37. The van der Waals surface area contributed by atoms with Crippen molar-refractivity contribution in [2.45, 2.75) is 17.6 Å². The Bertz CT molecular complexity index is 1100. The zero-order valence-electron chi connectivity index (χ0n) is 15.6.